The van der Waals surface area contributed by atoms with Crippen LogP contribution in [0, 0.1) is 0 Å². The molecule has 4 nitrogen and oxygen atoms in total. The van der Waals surface area contributed by atoms with Crippen LogP contribution >= 0.6 is 0 Å². The average Bonchev–Trinajstić information content (AvgIpc) is 2.58. The summed E-state index contributed by atoms with van der Waals surface area (Å²) in [6.45, 7) is 1.75. The Bertz CT molecular complexity index is 608. The van der Waals surface area contributed by atoms with E-state index in [1.54, 1.807) is 0 Å². The van der Waals surface area contributed by atoms with Crippen LogP contribution in [-0.2, 0) is 4.79 Å². The summed E-state index contributed by atoms with van der Waals surface area (Å²) in [5, 5.41) is 5.16. The van der Waals surface area contributed by atoms with Crippen molar-refractivity contribution in [1.82, 2.24) is 5.32 Å². The zero-order chi connectivity index (χ0) is 16.3. The monoisotopic (exact) mass is 314 g/mol. The quantitative estimate of drug-likeness (QED) is 0.662. The fourth-order valence-electron chi connectivity index (χ4n) is 2.54. The van der Waals surface area contributed by atoms with Gasteiger partial charge in [0, 0.05) is 11.8 Å². The highest BCUT2D eigenvalue weighted by molar-refractivity contribution is 5.88. The molecule has 0 aromatic heterocycles. The molecule has 0 saturated carbocycles. The summed E-state index contributed by atoms with van der Waals surface area (Å²) in [6, 6.07) is 14.1. The molecule has 0 spiro atoms. The van der Waals surface area contributed by atoms with Gasteiger partial charge in [0.05, 0.1) is 6.54 Å². The number of hydrogen-bond donors (Lipinski definition) is 2. The number of amides is 1. The summed E-state index contributed by atoms with van der Waals surface area (Å²) in [5.41, 5.74) is 5.44. The van der Waals surface area contributed by atoms with Crippen molar-refractivity contribution in [3.8, 4) is 5.75 Å². The third-order valence-corrected chi connectivity index (χ3v) is 3.79. The Kier molecular flexibility index (Phi) is 7.40. The predicted octanol–water partition coefficient (Wildman–Crippen LogP) is 3.24. The van der Waals surface area contributed by atoms with E-state index < -0.39 is 0 Å². The molecule has 4 heteroatoms. The molecule has 0 atom stereocenters. The molecule has 1 amide bonds. The fraction of sp³-hybridized carbons (Fsp3) is 0.421. The Labute approximate surface area is 138 Å². The molecule has 2 aromatic carbocycles. The Morgan fingerprint density at radius 1 is 1.00 bits per heavy atom. The maximum Gasteiger partial charge on any atom is 0.220 e. The first-order chi connectivity index (χ1) is 11.3. The van der Waals surface area contributed by atoms with Gasteiger partial charge < -0.3 is 15.8 Å². The number of nitrogens with two attached hydrogens (primary N) is 1. The summed E-state index contributed by atoms with van der Waals surface area (Å²) < 4.78 is 5.80. The van der Waals surface area contributed by atoms with Crippen LogP contribution in [0.2, 0.25) is 0 Å². The van der Waals surface area contributed by atoms with E-state index in [0.29, 0.717) is 19.6 Å². The predicted molar refractivity (Wildman–Crippen MR) is 94.6 cm³/mol. The summed E-state index contributed by atoms with van der Waals surface area (Å²) >= 11 is 0. The number of unbranched alkanes of at least 4 members (excludes halogenated alkanes) is 3. The minimum atomic E-state index is 0.0965. The van der Waals surface area contributed by atoms with Crippen LogP contribution in [0.4, 0.5) is 0 Å². The van der Waals surface area contributed by atoms with E-state index in [0.717, 1.165) is 48.8 Å². The van der Waals surface area contributed by atoms with Gasteiger partial charge in [0.1, 0.15) is 12.4 Å². The second-order valence-electron chi connectivity index (χ2n) is 5.63. The molecule has 0 bridgehead atoms. The van der Waals surface area contributed by atoms with Crippen molar-refractivity contribution in [3.05, 3.63) is 42.5 Å². The summed E-state index contributed by atoms with van der Waals surface area (Å²) in [6.07, 6.45) is 4.72. The number of benzene rings is 2. The number of carbonyl (C=O) groups is 1. The first kappa shape index (κ1) is 17.3. The van der Waals surface area contributed by atoms with Crippen molar-refractivity contribution < 1.29 is 9.53 Å². The van der Waals surface area contributed by atoms with Gasteiger partial charge >= 0.3 is 0 Å². The first-order valence-electron chi connectivity index (χ1n) is 8.38. The van der Waals surface area contributed by atoms with E-state index in [1.165, 1.54) is 0 Å². The lowest BCUT2D eigenvalue weighted by Gasteiger charge is -2.10. The van der Waals surface area contributed by atoms with Crippen molar-refractivity contribution >= 4 is 16.7 Å². The largest absolute Gasteiger partial charge is 0.491 e. The summed E-state index contributed by atoms with van der Waals surface area (Å²) in [4.78, 5) is 11.7. The SMILES string of the molecule is NCCCCCCC(=O)NCCOc1cccc2ccccc12. The summed E-state index contributed by atoms with van der Waals surface area (Å²) in [7, 11) is 0. The number of rotatable bonds is 10. The van der Waals surface area contributed by atoms with Crippen LogP contribution in [0.15, 0.2) is 42.5 Å². The topological polar surface area (TPSA) is 64.4 Å². The van der Waals surface area contributed by atoms with Crippen LogP contribution in [0.5, 0.6) is 5.75 Å². The van der Waals surface area contributed by atoms with Crippen LogP contribution in [0.3, 0.4) is 0 Å². The van der Waals surface area contributed by atoms with E-state index >= 15 is 0 Å². The van der Waals surface area contributed by atoms with Gasteiger partial charge in [0.25, 0.3) is 0 Å². The Hall–Kier alpha value is -2.07. The summed E-state index contributed by atoms with van der Waals surface area (Å²) in [5.74, 6) is 0.957. The van der Waals surface area contributed by atoms with Gasteiger partial charge in [-0.05, 0) is 30.8 Å². The van der Waals surface area contributed by atoms with Crippen LogP contribution in [0.1, 0.15) is 32.1 Å². The standard InChI is InChI=1S/C19H26N2O2/c20-13-6-2-1-3-12-19(22)21-14-15-23-18-11-7-9-16-8-4-5-10-17(16)18/h4-5,7-11H,1-3,6,12-15,20H2,(H,21,22). The maximum absolute atomic E-state index is 11.7. The second-order valence-corrected chi connectivity index (χ2v) is 5.63. The third kappa shape index (κ3) is 5.91. The Balaban J connectivity index is 1.66. The number of fused-ring (bicyclic) bond motifs is 1. The molecular formula is C19H26N2O2. The molecule has 23 heavy (non-hydrogen) atoms. The highest BCUT2D eigenvalue weighted by atomic mass is 16.5. The van der Waals surface area contributed by atoms with Crippen molar-refractivity contribution in [2.24, 2.45) is 5.73 Å². The molecule has 2 aromatic rings. The zero-order valence-corrected chi connectivity index (χ0v) is 13.6. The average molecular weight is 314 g/mol. The van der Waals surface area contributed by atoms with Gasteiger partial charge in [-0.1, -0.05) is 49.2 Å². The highest BCUT2D eigenvalue weighted by Crippen LogP contribution is 2.24. The minimum Gasteiger partial charge on any atom is -0.491 e. The molecule has 0 radical (unpaired) electrons. The van der Waals surface area contributed by atoms with E-state index in [9.17, 15) is 4.79 Å². The Morgan fingerprint density at radius 3 is 2.65 bits per heavy atom. The molecule has 3 N–H and O–H groups in total. The van der Waals surface area contributed by atoms with Gasteiger partial charge in [-0.15, -0.1) is 0 Å². The zero-order valence-electron chi connectivity index (χ0n) is 13.6. The molecule has 0 aliphatic heterocycles. The number of carbonyl (C=O) groups excluding carboxylic acids is 1. The van der Waals surface area contributed by atoms with E-state index in [-0.39, 0.29) is 5.91 Å². The normalized spacial score (nSPS) is 10.7. The number of nitrogens with one attached hydrogen (secondary N) is 1. The molecule has 0 fully saturated rings. The van der Waals surface area contributed by atoms with Gasteiger partial charge in [0.15, 0.2) is 0 Å². The molecular weight excluding hydrogens is 288 g/mol. The lowest BCUT2D eigenvalue weighted by atomic mass is 10.1. The number of ether oxygens (including phenoxy) is 1. The minimum absolute atomic E-state index is 0.0965. The maximum atomic E-state index is 11.7. The molecule has 0 aliphatic carbocycles. The molecule has 0 unspecified atom stereocenters. The molecule has 0 aliphatic rings. The van der Waals surface area contributed by atoms with Gasteiger partial charge in [-0.2, -0.15) is 0 Å². The van der Waals surface area contributed by atoms with Crippen molar-refractivity contribution in [3.63, 3.8) is 0 Å². The fourth-order valence-corrected chi connectivity index (χ4v) is 2.54. The van der Waals surface area contributed by atoms with E-state index in [4.69, 9.17) is 10.5 Å². The van der Waals surface area contributed by atoms with E-state index in [2.05, 4.69) is 17.4 Å². The lowest BCUT2D eigenvalue weighted by Crippen LogP contribution is -2.27. The second kappa shape index (κ2) is 9.85. The Morgan fingerprint density at radius 2 is 1.78 bits per heavy atom. The third-order valence-electron chi connectivity index (χ3n) is 3.79. The van der Waals surface area contributed by atoms with Crippen LogP contribution in [0.25, 0.3) is 10.8 Å². The van der Waals surface area contributed by atoms with E-state index in [1.807, 2.05) is 30.3 Å². The highest BCUT2D eigenvalue weighted by Gasteiger charge is 2.03. The van der Waals surface area contributed by atoms with Gasteiger partial charge in [-0.25, -0.2) is 0 Å². The van der Waals surface area contributed by atoms with Gasteiger partial charge in [-0.3, -0.25) is 4.79 Å². The van der Waals surface area contributed by atoms with Crippen molar-refractivity contribution in [2.75, 3.05) is 19.7 Å². The lowest BCUT2D eigenvalue weighted by molar-refractivity contribution is -0.121. The smallest absolute Gasteiger partial charge is 0.220 e. The van der Waals surface area contributed by atoms with Crippen molar-refractivity contribution in [2.45, 2.75) is 32.1 Å². The molecule has 0 saturated heterocycles. The first-order valence-corrected chi connectivity index (χ1v) is 8.38. The molecule has 124 valence electrons. The van der Waals surface area contributed by atoms with Crippen LogP contribution in [-0.4, -0.2) is 25.6 Å². The molecule has 2 rings (SSSR count). The number of hydrogen-bond acceptors (Lipinski definition) is 3. The molecule has 0 heterocycles. The van der Waals surface area contributed by atoms with Crippen molar-refractivity contribution in [1.29, 1.82) is 0 Å². The van der Waals surface area contributed by atoms with Gasteiger partial charge in [0.2, 0.25) is 5.91 Å². The van der Waals surface area contributed by atoms with Crippen LogP contribution < -0.4 is 15.8 Å².